The number of amides is 1. The van der Waals surface area contributed by atoms with Crippen molar-refractivity contribution in [3.8, 4) is 23.0 Å². The van der Waals surface area contributed by atoms with E-state index in [4.69, 9.17) is 18.9 Å². The third-order valence-electron chi connectivity index (χ3n) is 7.43. The second-order valence-corrected chi connectivity index (χ2v) is 13.7. The molecule has 0 unspecified atom stereocenters. The third kappa shape index (κ3) is 7.28. The van der Waals surface area contributed by atoms with E-state index in [2.05, 4.69) is 10.1 Å². The highest BCUT2D eigenvalue weighted by atomic mass is 32.2. The number of carbonyl (C=O) groups excluding carboxylic acids is 1. The second-order valence-electron chi connectivity index (χ2n) is 10.8. The van der Waals surface area contributed by atoms with Crippen molar-refractivity contribution in [2.75, 3.05) is 33.4 Å². The van der Waals surface area contributed by atoms with Crippen LogP contribution < -0.4 is 24.0 Å². The van der Waals surface area contributed by atoms with Gasteiger partial charge in [0.15, 0.2) is 11.5 Å². The first-order valence-electron chi connectivity index (χ1n) is 14.9. The zero-order valence-corrected chi connectivity index (χ0v) is 29.0. The Bertz CT molecular complexity index is 2000. The molecule has 0 saturated carbocycles. The lowest BCUT2D eigenvalue weighted by molar-refractivity contribution is 0.0987. The molecule has 1 heterocycles. The molecule has 48 heavy (non-hydrogen) atoms. The summed E-state index contributed by atoms with van der Waals surface area (Å²) >= 11 is 1.26. The molecule has 5 rings (SSSR count). The summed E-state index contributed by atoms with van der Waals surface area (Å²) in [7, 11) is 2.23. The molecule has 1 aromatic heterocycles. The topological polar surface area (TPSA) is 120 Å². The van der Waals surface area contributed by atoms with Gasteiger partial charge in [-0.1, -0.05) is 41.7 Å². The van der Waals surface area contributed by atoms with Crippen molar-refractivity contribution in [2.24, 2.45) is 5.10 Å². The van der Waals surface area contributed by atoms with Crippen molar-refractivity contribution < 1.29 is 32.2 Å². The van der Waals surface area contributed by atoms with Gasteiger partial charge < -0.3 is 18.9 Å². The minimum Gasteiger partial charge on any atom is -0.497 e. The van der Waals surface area contributed by atoms with Gasteiger partial charge in [-0.2, -0.15) is 14.4 Å². The average Bonchev–Trinajstić information content (AvgIpc) is 3.53. The van der Waals surface area contributed by atoms with Gasteiger partial charge in [-0.15, -0.1) is 0 Å². The van der Waals surface area contributed by atoms with Crippen LogP contribution in [-0.4, -0.2) is 64.3 Å². The summed E-state index contributed by atoms with van der Waals surface area (Å²) in [5.41, 5.74) is 2.31. The van der Waals surface area contributed by atoms with Crippen LogP contribution in [-0.2, 0) is 16.6 Å². The van der Waals surface area contributed by atoms with Gasteiger partial charge in [0.1, 0.15) is 5.75 Å². The molecule has 0 aliphatic rings. The highest BCUT2D eigenvalue weighted by molar-refractivity contribution is 7.89. The fourth-order valence-electron chi connectivity index (χ4n) is 4.93. The smallest absolute Gasteiger partial charge is 0.280 e. The Morgan fingerprint density at radius 3 is 2.12 bits per heavy atom. The molecule has 5 aromatic rings. The number of nitrogens with zero attached hydrogens (tertiary/aromatic N) is 4. The monoisotopic (exact) mass is 688 g/mol. The van der Waals surface area contributed by atoms with Crippen molar-refractivity contribution in [2.45, 2.75) is 31.3 Å². The highest BCUT2D eigenvalue weighted by Gasteiger charge is 2.28. The van der Waals surface area contributed by atoms with E-state index in [1.54, 1.807) is 31.4 Å². The third-order valence-corrected chi connectivity index (χ3v) is 10.5. The zero-order chi connectivity index (χ0) is 34.4. The maximum atomic E-state index is 14.1. The van der Waals surface area contributed by atoms with Gasteiger partial charge in [-0.3, -0.25) is 4.79 Å². The van der Waals surface area contributed by atoms with E-state index in [0.29, 0.717) is 39.2 Å². The van der Waals surface area contributed by atoms with Crippen molar-refractivity contribution >= 4 is 48.8 Å². The van der Waals surface area contributed by atoms with Gasteiger partial charge in [0.2, 0.25) is 20.9 Å². The first-order valence-corrected chi connectivity index (χ1v) is 17.1. The second kappa shape index (κ2) is 14.8. The van der Waals surface area contributed by atoms with Crippen LogP contribution in [0.3, 0.4) is 0 Å². The molecule has 13 heteroatoms. The fraction of sp³-hybridized carbons (Fsp3) is 0.229. The van der Waals surface area contributed by atoms with E-state index < -0.39 is 15.9 Å². The van der Waals surface area contributed by atoms with E-state index in [-0.39, 0.29) is 23.0 Å². The molecule has 0 bridgehead atoms. The molecule has 0 saturated heterocycles. The summed E-state index contributed by atoms with van der Waals surface area (Å²) in [6.07, 6.45) is 1.48. The van der Waals surface area contributed by atoms with Crippen LogP contribution in [0.5, 0.6) is 23.0 Å². The van der Waals surface area contributed by atoms with Crippen LogP contribution in [0.2, 0.25) is 0 Å². The zero-order valence-electron chi connectivity index (χ0n) is 27.4. The molecule has 0 atom stereocenters. The molecule has 0 fully saturated rings. The average molecular weight is 689 g/mol. The number of hydrazone groups is 1. The standard InChI is InChI=1S/C35H36N4O7S2/c1-23(2)38(22-24-10-8-7-9-11-24)48(41,42)28-15-12-26(13-16-28)34(40)39(35-37-29-17-14-27(43-3)20-32(29)47-35)36-21-25-18-30(44-4)33(46-6)31(19-25)45-5/h7-21,23H,22H2,1-6H3/b36-21+. The molecule has 0 aliphatic carbocycles. The molecule has 0 aliphatic heterocycles. The van der Waals surface area contributed by atoms with Crippen LogP contribution in [0.25, 0.3) is 10.2 Å². The number of ether oxygens (including phenoxy) is 4. The van der Waals surface area contributed by atoms with Crippen LogP contribution in [0.1, 0.15) is 35.3 Å². The van der Waals surface area contributed by atoms with Gasteiger partial charge in [0, 0.05) is 23.7 Å². The summed E-state index contributed by atoms with van der Waals surface area (Å²) in [5.74, 6) is 1.39. The largest absolute Gasteiger partial charge is 0.497 e. The van der Waals surface area contributed by atoms with Crippen LogP contribution in [0, 0.1) is 0 Å². The Labute approximate surface area is 284 Å². The minimum atomic E-state index is -3.88. The van der Waals surface area contributed by atoms with Gasteiger partial charge in [0.05, 0.1) is 49.8 Å². The van der Waals surface area contributed by atoms with Crippen molar-refractivity contribution in [1.82, 2.24) is 9.29 Å². The predicted molar refractivity (Wildman–Crippen MR) is 187 cm³/mol. The number of anilines is 1. The summed E-state index contributed by atoms with van der Waals surface area (Å²) in [4.78, 5) is 18.8. The van der Waals surface area contributed by atoms with Crippen LogP contribution >= 0.6 is 11.3 Å². The maximum absolute atomic E-state index is 14.1. The van der Waals surface area contributed by atoms with Gasteiger partial charge >= 0.3 is 0 Å². The fourth-order valence-corrected chi connectivity index (χ4v) is 7.51. The predicted octanol–water partition coefficient (Wildman–Crippen LogP) is 6.61. The molecule has 1 amide bonds. The van der Waals surface area contributed by atoms with Crippen LogP contribution in [0.4, 0.5) is 5.13 Å². The number of sulfonamides is 1. The number of aromatic nitrogens is 1. The van der Waals surface area contributed by atoms with E-state index in [0.717, 1.165) is 10.3 Å². The van der Waals surface area contributed by atoms with Crippen molar-refractivity contribution in [3.05, 3.63) is 102 Å². The lowest BCUT2D eigenvalue weighted by atomic mass is 10.2. The Morgan fingerprint density at radius 2 is 1.54 bits per heavy atom. The molecule has 250 valence electrons. The lowest BCUT2D eigenvalue weighted by Crippen LogP contribution is -2.36. The molecule has 0 radical (unpaired) electrons. The number of thiazole rings is 1. The number of hydrogen-bond acceptors (Lipinski definition) is 10. The Balaban J connectivity index is 1.51. The number of methoxy groups -OCH3 is 4. The number of carbonyl (C=O) groups is 1. The first-order chi connectivity index (χ1) is 23.1. The summed E-state index contributed by atoms with van der Waals surface area (Å²) in [6.45, 7) is 3.87. The highest BCUT2D eigenvalue weighted by Crippen LogP contribution is 2.38. The normalized spacial score (nSPS) is 11.8. The summed E-state index contributed by atoms with van der Waals surface area (Å²) < 4.78 is 51.4. The molecule has 11 nitrogen and oxygen atoms in total. The molecular weight excluding hydrogens is 653 g/mol. The molecule has 0 N–H and O–H groups in total. The Kier molecular flexibility index (Phi) is 10.6. The number of rotatable bonds is 13. The first kappa shape index (κ1) is 34.4. The number of benzene rings is 4. The Hall–Kier alpha value is -4.98. The van der Waals surface area contributed by atoms with Crippen LogP contribution in [0.15, 0.2) is 94.9 Å². The molecule has 0 spiro atoms. The SMILES string of the molecule is COc1ccc2nc(N(/N=C/c3cc(OC)c(OC)c(OC)c3)C(=O)c3ccc(S(=O)(=O)N(Cc4ccccc4)C(C)C)cc3)sc2c1. The lowest BCUT2D eigenvalue weighted by Gasteiger charge is -2.26. The van der Waals surface area contributed by atoms with Crippen molar-refractivity contribution in [1.29, 1.82) is 0 Å². The van der Waals surface area contributed by atoms with Gasteiger partial charge in [-0.05, 0) is 74.0 Å². The minimum absolute atomic E-state index is 0.0724. The molecule has 4 aromatic carbocycles. The summed E-state index contributed by atoms with van der Waals surface area (Å²) in [6, 6.07) is 23.8. The summed E-state index contributed by atoms with van der Waals surface area (Å²) in [5, 5.41) is 6.03. The Morgan fingerprint density at radius 1 is 0.875 bits per heavy atom. The van der Waals surface area contributed by atoms with E-state index in [9.17, 15) is 13.2 Å². The van der Waals surface area contributed by atoms with E-state index >= 15 is 0 Å². The van der Waals surface area contributed by atoms with E-state index in [1.165, 1.54) is 72.5 Å². The maximum Gasteiger partial charge on any atom is 0.280 e. The molecular formula is C35H36N4O7S2. The van der Waals surface area contributed by atoms with Gasteiger partial charge in [-0.25, -0.2) is 13.4 Å². The quantitative estimate of drug-likeness (QED) is 0.100. The number of hydrogen-bond donors (Lipinski definition) is 0. The van der Waals surface area contributed by atoms with E-state index in [1.807, 2.05) is 50.2 Å². The van der Waals surface area contributed by atoms with Crippen molar-refractivity contribution in [3.63, 3.8) is 0 Å². The number of fused-ring (bicyclic) bond motifs is 1. The van der Waals surface area contributed by atoms with Gasteiger partial charge in [0.25, 0.3) is 5.91 Å².